The molecule has 1 aliphatic heterocycles. The molecule has 0 saturated carbocycles. The zero-order chi connectivity index (χ0) is 21.0. The summed E-state index contributed by atoms with van der Waals surface area (Å²) >= 11 is 0. The predicted octanol–water partition coefficient (Wildman–Crippen LogP) is 3.56. The molecular weight excluding hydrogens is 402 g/mol. The molecule has 1 aliphatic rings. The smallest absolute Gasteiger partial charge is 0.387 e. The molecule has 0 radical (unpaired) electrons. The summed E-state index contributed by atoms with van der Waals surface area (Å²) in [5, 5.41) is 2.75. The van der Waals surface area contributed by atoms with Crippen molar-refractivity contribution in [2.24, 2.45) is 0 Å². The Labute approximate surface area is 168 Å². The van der Waals surface area contributed by atoms with Gasteiger partial charge in [-0.15, -0.1) is 0 Å². The Morgan fingerprint density at radius 1 is 1.10 bits per heavy atom. The first-order chi connectivity index (χ1) is 13.8. The summed E-state index contributed by atoms with van der Waals surface area (Å²) in [5.41, 5.74) is 0.787. The van der Waals surface area contributed by atoms with E-state index in [0.717, 1.165) is 12.8 Å². The molecule has 0 bridgehead atoms. The van der Waals surface area contributed by atoms with E-state index < -0.39 is 28.6 Å². The van der Waals surface area contributed by atoms with Crippen LogP contribution in [0.25, 0.3) is 0 Å². The highest BCUT2D eigenvalue weighted by molar-refractivity contribution is 7.89. The highest BCUT2D eigenvalue weighted by atomic mass is 32.2. The highest BCUT2D eigenvalue weighted by Gasteiger charge is 2.27. The molecule has 1 N–H and O–H groups in total. The minimum atomic E-state index is -3.63. The van der Waals surface area contributed by atoms with Gasteiger partial charge in [-0.1, -0.05) is 18.2 Å². The lowest BCUT2D eigenvalue weighted by atomic mass is 10.1. The van der Waals surface area contributed by atoms with E-state index in [4.69, 9.17) is 0 Å². The molecule has 29 heavy (non-hydrogen) atoms. The van der Waals surface area contributed by atoms with Crippen LogP contribution in [0.3, 0.4) is 0 Å². The zero-order valence-corrected chi connectivity index (χ0v) is 16.7. The van der Waals surface area contributed by atoms with Gasteiger partial charge in [0.2, 0.25) is 10.0 Å². The zero-order valence-electron chi connectivity index (χ0n) is 15.8. The Morgan fingerprint density at radius 3 is 2.48 bits per heavy atom. The number of sulfonamides is 1. The van der Waals surface area contributed by atoms with Gasteiger partial charge < -0.3 is 10.1 Å². The standard InChI is InChI=1S/C20H22F2N2O4S/c1-14(15-6-4-8-17(12-15)28-20(21)22)23-19(25)16-7-5-9-18(13-16)29(26,27)24-10-2-3-11-24/h4-9,12-14,20H,2-3,10-11H2,1H3,(H,23,25). The lowest BCUT2D eigenvalue weighted by Crippen LogP contribution is -2.29. The molecule has 3 rings (SSSR count). The lowest BCUT2D eigenvalue weighted by molar-refractivity contribution is -0.0499. The molecule has 2 aromatic rings. The number of nitrogens with zero attached hydrogens (tertiary/aromatic N) is 1. The van der Waals surface area contributed by atoms with Crippen LogP contribution in [0.5, 0.6) is 5.75 Å². The minimum absolute atomic E-state index is 0.00250. The summed E-state index contributed by atoms with van der Waals surface area (Å²) < 4.78 is 56.0. The third-order valence-corrected chi connectivity index (χ3v) is 6.62. The molecule has 1 unspecified atom stereocenters. The van der Waals surface area contributed by atoms with Crippen molar-refractivity contribution in [3.05, 3.63) is 59.7 Å². The van der Waals surface area contributed by atoms with Gasteiger partial charge in [0, 0.05) is 18.7 Å². The molecule has 0 aromatic heterocycles. The normalized spacial score (nSPS) is 16.0. The summed E-state index contributed by atoms with van der Waals surface area (Å²) in [6.07, 6.45) is 1.65. The first-order valence-electron chi connectivity index (χ1n) is 9.23. The van der Waals surface area contributed by atoms with E-state index in [2.05, 4.69) is 10.1 Å². The van der Waals surface area contributed by atoms with Gasteiger partial charge in [-0.05, 0) is 55.7 Å². The summed E-state index contributed by atoms with van der Waals surface area (Å²) in [7, 11) is -3.63. The van der Waals surface area contributed by atoms with Crippen molar-refractivity contribution >= 4 is 15.9 Å². The topological polar surface area (TPSA) is 75.7 Å². The second-order valence-electron chi connectivity index (χ2n) is 6.79. The van der Waals surface area contributed by atoms with Crippen LogP contribution in [-0.4, -0.2) is 38.3 Å². The Bertz CT molecular complexity index is 976. The van der Waals surface area contributed by atoms with Crippen molar-refractivity contribution < 1.29 is 26.7 Å². The van der Waals surface area contributed by atoms with E-state index in [1.165, 1.54) is 40.7 Å². The molecule has 0 aliphatic carbocycles. The van der Waals surface area contributed by atoms with Gasteiger partial charge in [0.1, 0.15) is 5.75 Å². The number of amides is 1. The quantitative estimate of drug-likeness (QED) is 0.737. The molecule has 1 atom stereocenters. The molecule has 0 spiro atoms. The van der Waals surface area contributed by atoms with Gasteiger partial charge in [0.05, 0.1) is 10.9 Å². The number of ether oxygens (including phenoxy) is 1. The molecule has 1 amide bonds. The van der Waals surface area contributed by atoms with Gasteiger partial charge in [0.25, 0.3) is 5.91 Å². The van der Waals surface area contributed by atoms with E-state index in [1.807, 2.05) is 0 Å². The second-order valence-corrected chi connectivity index (χ2v) is 8.72. The van der Waals surface area contributed by atoms with Crippen molar-refractivity contribution in [2.75, 3.05) is 13.1 Å². The van der Waals surface area contributed by atoms with E-state index in [1.54, 1.807) is 19.1 Å². The lowest BCUT2D eigenvalue weighted by Gasteiger charge is -2.17. The van der Waals surface area contributed by atoms with Crippen molar-refractivity contribution in [2.45, 2.75) is 37.3 Å². The largest absolute Gasteiger partial charge is 0.435 e. The van der Waals surface area contributed by atoms with Crippen LogP contribution >= 0.6 is 0 Å². The van der Waals surface area contributed by atoms with Crippen molar-refractivity contribution in [1.82, 2.24) is 9.62 Å². The van der Waals surface area contributed by atoms with Crippen molar-refractivity contribution in [3.8, 4) is 5.75 Å². The number of carbonyl (C=O) groups excluding carboxylic acids is 1. The van der Waals surface area contributed by atoms with Crippen molar-refractivity contribution in [1.29, 1.82) is 0 Å². The summed E-state index contributed by atoms with van der Waals surface area (Å²) in [6.45, 7) is -0.278. The number of rotatable bonds is 7. The monoisotopic (exact) mass is 424 g/mol. The van der Waals surface area contributed by atoms with E-state index in [0.29, 0.717) is 18.7 Å². The van der Waals surface area contributed by atoms with Crippen LogP contribution < -0.4 is 10.1 Å². The second kappa shape index (κ2) is 8.87. The number of alkyl halides is 2. The third-order valence-electron chi connectivity index (χ3n) is 4.73. The average molecular weight is 424 g/mol. The summed E-state index contributed by atoms with van der Waals surface area (Å²) in [4.78, 5) is 12.7. The number of hydrogen-bond donors (Lipinski definition) is 1. The molecular formula is C20H22F2N2O4S. The number of nitrogens with one attached hydrogen (secondary N) is 1. The average Bonchev–Trinajstić information content (AvgIpc) is 3.23. The van der Waals surface area contributed by atoms with Gasteiger partial charge in [-0.2, -0.15) is 13.1 Å². The van der Waals surface area contributed by atoms with Gasteiger partial charge >= 0.3 is 6.61 Å². The molecule has 1 saturated heterocycles. The molecule has 156 valence electrons. The fourth-order valence-electron chi connectivity index (χ4n) is 3.20. The summed E-state index contributed by atoms with van der Waals surface area (Å²) in [5.74, 6) is -0.464. The maximum absolute atomic E-state index is 12.7. The minimum Gasteiger partial charge on any atom is -0.435 e. The number of hydrogen-bond acceptors (Lipinski definition) is 4. The number of benzene rings is 2. The molecule has 1 heterocycles. The van der Waals surface area contributed by atoms with Crippen LogP contribution in [0.1, 0.15) is 41.7 Å². The van der Waals surface area contributed by atoms with Gasteiger partial charge in [-0.3, -0.25) is 4.79 Å². The van der Waals surface area contributed by atoms with E-state index in [-0.39, 0.29) is 16.2 Å². The number of carbonyl (C=O) groups is 1. The Kier molecular flexibility index (Phi) is 6.49. The van der Waals surface area contributed by atoms with Crippen LogP contribution in [0, 0.1) is 0 Å². The predicted molar refractivity (Wildman–Crippen MR) is 103 cm³/mol. The highest BCUT2D eigenvalue weighted by Crippen LogP contribution is 2.23. The Hall–Kier alpha value is -2.52. The van der Waals surface area contributed by atoms with E-state index in [9.17, 15) is 22.0 Å². The van der Waals surface area contributed by atoms with Gasteiger partial charge in [0.15, 0.2) is 0 Å². The summed E-state index contributed by atoms with van der Waals surface area (Å²) in [6, 6.07) is 11.4. The van der Waals surface area contributed by atoms with Crippen LogP contribution in [0.2, 0.25) is 0 Å². The first-order valence-corrected chi connectivity index (χ1v) is 10.7. The third kappa shape index (κ3) is 5.10. The Morgan fingerprint density at radius 2 is 1.79 bits per heavy atom. The molecule has 1 fully saturated rings. The maximum Gasteiger partial charge on any atom is 0.387 e. The number of halogens is 2. The molecule has 6 nitrogen and oxygen atoms in total. The van der Waals surface area contributed by atoms with Crippen LogP contribution in [0.4, 0.5) is 8.78 Å². The van der Waals surface area contributed by atoms with Gasteiger partial charge in [-0.25, -0.2) is 8.42 Å². The molecule has 9 heteroatoms. The van der Waals surface area contributed by atoms with Crippen LogP contribution in [-0.2, 0) is 10.0 Å². The fraction of sp³-hybridized carbons (Fsp3) is 0.350. The first kappa shape index (κ1) is 21.2. The maximum atomic E-state index is 12.7. The van der Waals surface area contributed by atoms with E-state index >= 15 is 0 Å². The fourth-order valence-corrected chi connectivity index (χ4v) is 4.76. The Balaban J connectivity index is 1.74. The molecule has 2 aromatic carbocycles. The SMILES string of the molecule is CC(NC(=O)c1cccc(S(=O)(=O)N2CCCC2)c1)c1cccc(OC(F)F)c1. The van der Waals surface area contributed by atoms with Crippen molar-refractivity contribution in [3.63, 3.8) is 0 Å². The van der Waals surface area contributed by atoms with Crippen LogP contribution in [0.15, 0.2) is 53.4 Å².